The van der Waals surface area contributed by atoms with Gasteiger partial charge in [0.1, 0.15) is 23.0 Å². The van der Waals surface area contributed by atoms with E-state index >= 15 is 0 Å². The van der Waals surface area contributed by atoms with Crippen molar-refractivity contribution in [3.05, 3.63) is 95.4 Å². The first kappa shape index (κ1) is 24.1. The molecular formula is C29H29NO5. The first-order valence-corrected chi connectivity index (χ1v) is 11.6. The van der Waals surface area contributed by atoms with Crippen LogP contribution in [0.25, 0.3) is 11.5 Å². The molecule has 0 amide bonds. The van der Waals surface area contributed by atoms with Gasteiger partial charge in [0.2, 0.25) is 5.89 Å². The van der Waals surface area contributed by atoms with Gasteiger partial charge < -0.3 is 19.0 Å². The molecule has 1 N–H and O–H groups in total. The molecule has 4 aromatic rings. The average molecular weight is 472 g/mol. The van der Waals surface area contributed by atoms with Crippen LogP contribution in [0, 0.1) is 13.8 Å². The number of ether oxygens (including phenoxy) is 2. The number of aryl methyl sites for hydroxylation is 3. The van der Waals surface area contributed by atoms with Crippen molar-refractivity contribution in [2.45, 2.75) is 39.5 Å². The van der Waals surface area contributed by atoms with E-state index in [0.717, 1.165) is 45.4 Å². The van der Waals surface area contributed by atoms with Crippen LogP contribution in [0.2, 0.25) is 0 Å². The SMILES string of the molecule is Cc1cc(OCC(C)c2nc(-c3ccc(Oc4ccccc4)cc3)oc2C)ccc1CCC(=O)O. The quantitative estimate of drug-likeness (QED) is 0.269. The number of aliphatic carboxylic acids is 1. The summed E-state index contributed by atoms with van der Waals surface area (Å²) in [5.41, 5.74) is 3.78. The van der Waals surface area contributed by atoms with Crippen molar-refractivity contribution >= 4 is 5.97 Å². The van der Waals surface area contributed by atoms with Gasteiger partial charge >= 0.3 is 5.97 Å². The lowest BCUT2D eigenvalue weighted by atomic mass is 10.0. The summed E-state index contributed by atoms with van der Waals surface area (Å²) in [5, 5.41) is 8.89. The lowest BCUT2D eigenvalue weighted by Crippen LogP contribution is -2.09. The van der Waals surface area contributed by atoms with E-state index in [4.69, 9.17) is 24.0 Å². The van der Waals surface area contributed by atoms with Gasteiger partial charge in [0.05, 0.1) is 12.3 Å². The second kappa shape index (κ2) is 10.9. The molecule has 6 heteroatoms. The zero-order chi connectivity index (χ0) is 24.8. The van der Waals surface area contributed by atoms with Crippen molar-refractivity contribution in [3.8, 4) is 28.7 Å². The fraction of sp³-hybridized carbons (Fsp3) is 0.241. The average Bonchev–Trinajstić information content (AvgIpc) is 3.24. The third-order valence-electron chi connectivity index (χ3n) is 5.80. The maximum atomic E-state index is 10.8. The highest BCUT2D eigenvalue weighted by atomic mass is 16.5. The van der Waals surface area contributed by atoms with Gasteiger partial charge in [0.15, 0.2) is 0 Å². The number of hydrogen-bond donors (Lipinski definition) is 1. The van der Waals surface area contributed by atoms with Gasteiger partial charge in [-0.05, 0) is 79.9 Å². The maximum Gasteiger partial charge on any atom is 0.303 e. The van der Waals surface area contributed by atoms with Gasteiger partial charge in [-0.15, -0.1) is 0 Å². The normalized spacial score (nSPS) is 11.7. The lowest BCUT2D eigenvalue weighted by molar-refractivity contribution is -0.136. The molecule has 0 radical (unpaired) electrons. The first-order chi connectivity index (χ1) is 16.9. The highest BCUT2D eigenvalue weighted by molar-refractivity contribution is 5.67. The molecule has 0 aliphatic rings. The standard InChI is InChI=1S/C29H29NO5/c1-19-17-26(15-9-22(19)12-16-27(31)32)33-18-20(2)28-21(3)34-29(30-28)23-10-13-25(14-11-23)35-24-7-5-4-6-8-24/h4-11,13-15,17,20H,12,16,18H2,1-3H3,(H,31,32). The summed E-state index contributed by atoms with van der Waals surface area (Å²) in [4.78, 5) is 15.6. The maximum absolute atomic E-state index is 10.8. The van der Waals surface area contributed by atoms with Crippen LogP contribution in [-0.2, 0) is 11.2 Å². The number of aromatic nitrogens is 1. The number of carboxylic acid groups (broad SMARTS) is 1. The minimum Gasteiger partial charge on any atom is -0.493 e. The molecule has 6 nitrogen and oxygen atoms in total. The van der Waals surface area contributed by atoms with Crippen LogP contribution >= 0.6 is 0 Å². The second-order valence-electron chi connectivity index (χ2n) is 8.59. The molecule has 0 spiro atoms. The number of carbonyl (C=O) groups is 1. The summed E-state index contributed by atoms with van der Waals surface area (Å²) in [7, 11) is 0. The molecular weight excluding hydrogens is 442 g/mol. The lowest BCUT2D eigenvalue weighted by Gasteiger charge is -2.13. The minimum atomic E-state index is -0.794. The molecule has 1 unspecified atom stereocenters. The Morgan fingerprint density at radius 3 is 2.34 bits per heavy atom. The third kappa shape index (κ3) is 6.29. The van der Waals surface area contributed by atoms with Crippen molar-refractivity contribution in [1.82, 2.24) is 4.98 Å². The Morgan fingerprint density at radius 2 is 1.66 bits per heavy atom. The smallest absolute Gasteiger partial charge is 0.303 e. The van der Waals surface area contributed by atoms with E-state index in [1.54, 1.807) is 0 Å². The predicted molar refractivity (Wildman–Crippen MR) is 134 cm³/mol. The van der Waals surface area contributed by atoms with Gasteiger partial charge in [-0.1, -0.05) is 31.2 Å². The number of para-hydroxylation sites is 1. The molecule has 1 heterocycles. The molecule has 3 aromatic carbocycles. The van der Waals surface area contributed by atoms with E-state index in [1.165, 1.54) is 0 Å². The van der Waals surface area contributed by atoms with Crippen LogP contribution < -0.4 is 9.47 Å². The highest BCUT2D eigenvalue weighted by Gasteiger charge is 2.18. The van der Waals surface area contributed by atoms with E-state index in [9.17, 15) is 4.79 Å². The van der Waals surface area contributed by atoms with Crippen LogP contribution in [0.5, 0.6) is 17.2 Å². The first-order valence-electron chi connectivity index (χ1n) is 11.6. The van der Waals surface area contributed by atoms with Gasteiger partial charge in [0, 0.05) is 17.9 Å². The Labute approximate surface area is 205 Å². The van der Waals surface area contributed by atoms with E-state index in [1.807, 2.05) is 86.6 Å². The number of benzene rings is 3. The number of hydrogen-bond acceptors (Lipinski definition) is 5. The molecule has 0 bridgehead atoms. The van der Waals surface area contributed by atoms with E-state index < -0.39 is 5.97 Å². The van der Waals surface area contributed by atoms with Crippen LogP contribution in [0.3, 0.4) is 0 Å². The molecule has 0 aliphatic heterocycles. The number of nitrogens with zero attached hydrogens (tertiary/aromatic N) is 1. The Morgan fingerprint density at radius 1 is 0.971 bits per heavy atom. The molecule has 0 saturated heterocycles. The molecule has 0 aliphatic carbocycles. The van der Waals surface area contributed by atoms with Crippen molar-refractivity contribution in [2.24, 2.45) is 0 Å². The van der Waals surface area contributed by atoms with E-state index in [0.29, 0.717) is 18.9 Å². The molecule has 0 fully saturated rings. The Hall–Kier alpha value is -4.06. The monoisotopic (exact) mass is 471 g/mol. The zero-order valence-corrected chi connectivity index (χ0v) is 20.2. The minimum absolute atomic E-state index is 0.0279. The molecule has 1 aromatic heterocycles. The van der Waals surface area contributed by atoms with Crippen molar-refractivity contribution in [3.63, 3.8) is 0 Å². The summed E-state index contributed by atoms with van der Waals surface area (Å²) >= 11 is 0. The predicted octanol–water partition coefficient (Wildman–Crippen LogP) is 6.95. The van der Waals surface area contributed by atoms with Crippen LogP contribution in [-0.4, -0.2) is 22.7 Å². The van der Waals surface area contributed by atoms with Gasteiger partial charge in [0.25, 0.3) is 0 Å². The number of oxazole rings is 1. The summed E-state index contributed by atoms with van der Waals surface area (Å²) < 4.78 is 17.8. The summed E-state index contributed by atoms with van der Waals surface area (Å²) in [5.74, 6) is 2.85. The Bertz CT molecular complexity index is 1280. The molecule has 35 heavy (non-hydrogen) atoms. The number of rotatable bonds is 10. The van der Waals surface area contributed by atoms with Crippen LogP contribution in [0.15, 0.2) is 77.2 Å². The second-order valence-corrected chi connectivity index (χ2v) is 8.59. The van der Waals surface area contributed by atoms with E-state index in [-0.39, 0.29) is 12.3 Å². The zero-order valence-electron chi connectivity index (χ0n) is 20.2. The summed E-state index contributed by atoms with van der Waals surface area (Å²) in [6, 6.07) is 23.1. The third-order valence-corrected chi connectivity index (χ3v) is 5.80. The summed E-state index contributed by atoms with van der Waals surface area (Å²) in [6.45, 7) is 6.39. The van der Waals surface area contributed by atoms with Crippen LogP contribution in [0.4, 0.5) is 0 Å². The van der Waals surface area contributed by atoms with Gasteiger partial charge in [-0.25, -0.2) is 4.98 Å². The molecule has 180 valence electrons. The largest absolute Gasteiger partial charge is 0.493 e. The molecule has 4 rings (SSSR count). The van der Waals surface area contributed by atoms with Crippen LogP contribution in [0.1, 0.15) is 41.8 Å². The van der Waals surface area contributed by atoms with Crippen molar-refractivity contribution < 1.29 is 23.8 Å². The van der Waals surface area contributed by atoms with Crippen molar-refractivity contribution in [2.75, 3.05) is 6.61 Å². The fourth-order valence-electron chi connectivity index (χ4n) is 3.86. The van der Waals surface area contributed by atoms with Gasteiger partial charge in [-0.2, -0.15) is 0 Å². The Kier molecular flexibility index (Phi) is 7.51. The number of carboxylic acids is 1. The summed E-state index contributed by atoms with van der Waals surface area (Å²) in [6.07, 6.45) is 0.632. The van der Waals surface area contributed by atoms with E-state index in [2.05, 4.69) is 6.92 Å². The molecule has 1 atom stereocenters. The topological polar surface area (TPSA) is 81.8 Å². The highest BCUT2D eigenvalue weighted by Crippen LogP contribution is 2.29. The van der Waals surface area contributed by atoms with Crippen molar-refractivity contribution in [1.29, 1.82) is 0 Å². The fourth-order valence-corrected chi connectivity index (χ4v) is 3.86. The van der Waals surface area contributed by atoms with Gasteiger partial charge in [-0.3, -0.25) is 4.79 Å². The molecule has 0 saturated carbocycles. The Balaban J connectivity index is 1.38.